The molecule has 0 spiro atoms. The van der Waals surface area contributed by atoms with Crippen LogP contribution in [0.3, 0.4) is 0 Å². The zero-order valence-electron chi connectivity index (χ0n) is 19.2. The highest BCUT2D eigenvalue weighted by atomic mass is 79.9. The number of nitrogens with one attached hydrogen (secondary N) is 1. The number of ether oxygens (including phenoxy) is 2. The van der Waals surface area contributed by atoms with Crippen molar-refractivity contribution in [2.75, 3.05) is 20.8 Å². The van der Waals surface area contributed by atoms with E-state index < -0.39 is 11.8 Å². The molecule has 0 saturated carbocycles. The third-order valence-electron chi connectivity index (χ3n) is 5.52. The van der Waals surface area contributed by atoms with Crippen LogP contribution in [0.1, 0.15) is 53.4 Å². The van der Waals surface area contributed by atoms with Crippen molar-refractivity contribution in [2.24, 2.45) is 0 Å². The standard InChI is InChI=1S/C24H27FN2O5.BrH/c1-24(2,3)16-8-14(7-6-13(16)10-19(29)30)17(28)12-27-11-15-9-18(31-4)22(32-5)21(25)20(15)23(27)26;/h6-9,26H,10-12H2,1-5H3,(H,29,30);1H. The lowest BCUT2D eigenvalue weighted by molar-refractivity contribution is -0.136. The number of amidine groups is 1. The number of Topliss-reactive ketones (excluding diaryl/α,β-unsaturated/α-hetero) is 1. The fraction of sp³-hybridized carbons (Fsp3) is 0.375. The molecule has 178 valence electrons. The predicted octanol–water partition coefficient (Wildman–Crippen LogP) is 4.37. The summed E-state index contributed by atoms with van der Waals surface area (Å²) < 4.78 is 25.2. The van der Waals surface area contributed by atoms with Crippen LogP contribution in [0.4, 0.5) is 4.39 Å². The van der Waals surface area contributed by atoms with Gasteiger partial charge in [-0.3, -0.25) is 15.0 Å². The van der Waals surface area contributed by atoms with E-state index in [4.69, 9.17) is 14.9 Å². The third-order valence-corrected chi connectivity index (χ3v) is 5.52. The van der Waals surface area contributed by atoms with E-state index in [9.17, 15) is 19.1 Å². The SMILES string of the molecule is Br.COc1cc2c(c(F)c1OC)C(=N)N(CC(=O)c1ccc(CC(=O)O)c(C(C)(C)C)c1)C2. The molecule has 0 bridgehead atoms. The van der Waals surface area contributed by atoms with Gasteiger partial charge in [-0.25, -0.2) is 4.39 Å². The van der Waals surface area contributed by atoms with Gasteiger partial charge in [-0.1, -0.05) is 32.9 Å². The van der Waals surface area contributed by atoms with Crippen LogP contribution in [0.15, 0.2) is 24.3 Å². The number of ketones is 1. The van der Waals surface area contributed by atoms with E-state index in [1.165, 1.54) is 19.1 Å². The van der Waals surface area contributed by atoms with Crippen molar-refractivity contribution in [1.82, 2.24) is 4.90 Å². The quantitative estimate of drug-likeness (QED) is 0.523. The first kappa shape index (κ1) is 26.3. The molecule has 0 aromatic heterocycles. The largest absolute Gasteiger partial charge is 0.493 e. The highest BCUT2D eigenvalue weighted by Crippen LogP contribution is 2.38. The number of nitrogens with zero attached hydrogens (tertiary/aromatic N) is 1. The zero-order valence-corrected chi connectivity index (χ0v) is 21.0. The highest BCUT2D eigenvalue weighted by molar-refractivity contribution is 8.93. The van der Waals surface area contributed by atoms with Gasteiger partial charge < -0.3 is 19.5 Å². The first-order valence-electron chi connectivity index (χ1n) is 10.1. The summed E-state index contributed by atoms with van der Waals surface area (Å²) in [5.41, 5.74) is 2.15. The van der Waals surface area contributed by atoms with Crippen molar-refractivity contribution in [3.8, 4) is 11.5 Å². The number of carboxylic acids is 1. The van der Waals surface area contributed by atoms with Crippen molar-refractivity contribution < 1.29 is 28.6 Å². The fourth-order valence-electron chi connectivity index (χ4n) is 3.99. The molecule has 0 unspecified atom stereocenters. The first-order valence-corrected chi connectivity index (χ1v) is 10.1. The second kappa shape index (κ2) is 9.91. The molecule has 1 aliphatic rings. The van der Waals surface area contributed by atoms with Crippen LogP contribution in [-0.4, -0.2) is 48.4 Å². The molecule has 0 saturated heterocycles. The van der Waals surface area contributed by atoms with E-state index in [0.717, 1.165) is 5.56 Å². The van der Waals surface area contributed by atoms with Crippen LogP contribution in [0.25, 0.3) is 0 Å². The minimum absolute atomic E-state index is 0. The lowest BCUT2D eigenvalue weighted by Gasteiger charge is -2.24. The van der Waals surface area contributed by atoms with Crippen LogP contribution < -0.4 is 9.47 Å². The van der Waals surface area contributed by atoms with Gasteiger partial charge in [-0.2, -0.15) is 0 Å². The Morgan fingerprint density at radius 2 is 1.85 bits per heavy atom. The highest BCUT2D eigenvalue weighted by Gasteiger charge is 2.33. The zero-order chi connectivity index (χ0) is 23.8. The number of fused-ring (bicyclic) bond motifs is 1. The van der Waals surface area contributed by atoms with Gasteiger partial charge in [-0.15, -0.1) is 17.0 Å². The Morgan fingerprint density at radius 3 is 2.39 bits per heavy atom. The summed E-state index contributed by atoms with van der Waals surface area (Å²) in [6.45, 7) is 5.95. The molecule has 0 fully saturated rings. The number of halogens is 2. The number of methoxy groups -OCH3 is 2. The molecule has 1 aliphatic heterocycles. The molecule has 0 radical (unpaired) electrons. The smallest absolute Gasteiger partial charge is 0.307 e. The molecular weight excluding hydrogens is 495 g/mol. The molecule has 33 heavy (non-hydrogen) atoms. The lowest BCUT2D eigenvalue weighted by Crippen LogP contribution is -2.30. The van der Waals surface area contributed by atoms with E-state index in [1.54, 1.807) is 24.3 Å². The van der Waals surface area contributed by atoms with Gasteiger partial charge in [0.1, 0.15) is 5.84 Å². The van der Waals surface area contributed by atoms with E-state index in [-0.39, 0.29) is 70.6 Å². The van der Waals surface area contributed by atoms with Crippen LogP contribution in [0.2, 0.25) is 0 Å². The average Bonchev–Trinajstić information content (AvgIpc) is 3.02. The molecular formula is C24H28BrFN2O5. The summed E-state index contributed by atoms with van der Waals surface area (Å²) in [5, 5.41) is 17.6. The van der Waals surface area contributed by atoms with E-state index in [0.29, 0.717) is 16.7 Å². The minimum Gasteiger partial charge on any atom is -0.493 e. The fourth-order valence-corrected chi connectivity index (χ4v) is 3.99. The molecule has 3 rings (SSSR count). The second-order valence-electron chi connectivity index (χ2n) is 8.78. The molecule has 2 aromatic carbocycles. The maximum Gasteiger partial charge on any atom is 0.307 e. The molecule has 2 aromatic rings. The number of carbonyl (C=O) groups excluding carboxylic acids is 1. The number of hydrogen-bond donors (Lipinski definition) is 2. The summed E-state index contributed by atoms with van der Waals surface area (Å²) in [4.78, 5) is 25.8. The van der Waals surface area contributed by atoms with Crippen molar-refractivity contribution in [1.29, 1.82) is 5.41 Å². The number of aliphatic carboxylic acids is 1. The van der Waals surface area contributed by atoms with E-state index >= 15 is 0 Å². The molecule has 7 nitrogen and oxygen atoms in total. The third kappa shape index (κ3) is 5.19. The lowest BCUT2D eigenvalue weighted by atomic mass is 9.81. The average molecular weight is 523 g/mol. The molecule has 0 atom stereocenters. The maximum atomic E-state index is 14.9. The summed E-state index contributed by atoms with van der Waals surface area (Å²) in [6.07, 6.45) is -0.129. The van der Waals surface area contributed by atoms with Gasteiger partial charge in [0, 0.05) is 12.1 Å². The van der Waals surface area contributed by atoms with Crippen molar-refractivity contribution in [2.45, 2.75) is 39.2 Å². The molecule has 9 heteroatoms. The summed E-state index contributed by atoms with van der Waals surface area (Å²) in [7, 11) is 2.74. The normalized spacial score (nSPS) is 12.8. The second-order valence-corrected chi connectivity index (χ2v) is 8.78. The summed E-state index contributed by atoms with van der Waals surface area (Å²) in [6, 6.07) is 6.62. The van der Waals surface area contributed by atoms with Crippen LogP contribution in [0.5, 0.6) is 11.5 Å². The maximum absolute atomic E-state index is 14.9. The Kier molecular flexibility index (Phi) is 7.90. The number of benzene rings is 2. The summed E-state index contributed by atoms with van der Waals surface area (Å²) in [5.74, 6) is -1.80. The van der Waals surface area contributed by atoms with Gasteiger partial charge in [0.25, 0.3) is 0 Å². The van der Waals surface area contributed by atoms with E-state index in [2.05, 4.69) is 0 Å². The predicted molar refractivity (Wildman–Crippen MR) is 128 cm³/mol. The van der Waals surface area contributed by atoms with Gasteiger partial charge in [0.05, 0.1) is 32.7 Å². The Hall–Kier alpha value is -2.94. The number of rotatable bonds is 7. The minimum atomic E-state index is -0.939. The Morgan fingerprint density at radius 1 is 1.18 bits per heavy atom. The monoisotopic (exact) mass is 522 g/mol. The number of carbonyl (C=O) groups is 2. The van der Waals surface area contributed by atoms with Crippen molar-refractivity contribution >= 4 is 34.6 Å². The van der Waals surface area contributed by atoms with E-state index in [1.807, 2.05) is 20.8 Å². The topological polar surface area (TPSA) is 99.9 Å². The van der Waals surface area contributed by atoms with Crippen LogP contribution in [0, 0.1) is 11.2 Å². The molecule has 0 amide bonds. The summed E-state index contributed by atoms with van der Waals surface area (Å²) >= 11 is 0. The van der Waals surface area contributed by atoms with Crippen molar-refractivity contribution in [3.63, 3.8) is 0 Å². The molecule has 1 heterocycles. The van der Waals surface area contributed by atoms with Gasteiger partial charge in [0.15, 0.2) is 23.1 Å². The molecule has 0 aliphatic carbocycles. The first-order chi connectivity index (χ1) is 15.0. The van der Waals surface area contributed by atoms with Gasteiger partial charge >= 0.3 is 5.97 Å². The Bertz CT molecular complexity index is 1110. The number of carboxylic acid groups (broad SMARTS) is 1. The van der Waals surface area contributed by atoms with Gasteiger partial charge in [-0.05, 0) is 34.2 Å². The van der Waals surface area contributed by atoms with Gasteiger partial charge in [0.2, 0.25) is 0 Å². The van der Waals surface area contributed by atoms with Crippen LogP contribution in [-0.2, 0) is 23.2 Å². The Labute approximate surface area is 202 Å². The molecule has 2 N–H and O–H groups in total. The number of hydrogen-bond acceptors (Lipinski definition) is 5. The Balaban J connectivity index is 0.00000385. The van der Waals surface area contributed by atoms with Crippen LogP contribution >= 0.6 is 17.0 Å². The van der Waals surface area contributed by atoms with Crippen molar-refractivity contribution in [3.05, 3.63) is 57.9 Å².